The number of carbonyl (C=O) groups excluding carboxylic acids is 4. The average molecular weight is 372 g/mol. The second-order valence-corrected chi connectivity index (χ2v) is 5.91. The van der Waals surface area contributed by atoms with Crippen LogP contribution >= 0.6 is 0 Å². The van der Waals surface area contributed by atoms with Crippen molar-refractivity contribution < 1.29 is 38.1 Å². The number of hydrogen-bond acceptors (Lipinski definition) is 8. The smallest absolute Gasteiger partial charge is 0.309 e. The van der Waals surface area contributed by atoms with Crippen LogP contribution in [0.4, 0.5) is 0 Å². The minimum absolute atomic E-state index is 0.251. The molecule has 26 heavy (non-hydrogen) atoms. The summed E-state index contributed by atoms with van der Waals surface area (Å²) < 4.78 is 19.1. The van der Waals surface area contributed by atoms with E-state index in [2.05, 4.69) is 0 Å². The predicted molar refractivity (Wildman–Crippen MR) is 89.7 cm³/mol. The molecule has 2 aliphatic rings. The molecule has 4 atom stereocenters. The lowest BCUT2D eigenvalue weighted by Crippen LogP contribution is -2.13. The van der Waals surface area contributed by atoms with Gasteiger partial charge in [0.15, 0.2) is 0 Å². The highest BCUT2D eigenvalue weighted by molar-refractivity contribution is 5.87. The first-order chi connectivity index (χ1) is 12.4. The summed E-state index contributed by atoms with van der Waals surface area (Å²) in [4.78, 5) is 44.4. The van der Waals surface area contributed by atoms with Crippen LogP contribution in [0.25, 0.3) is 0 Å². The zero-order chi connectivity index (χ0) is 19.7. The Labute approximate surface area is 153 Å². The maximum Gasteiger partial charge on any atom is 0.309 e. The molecule has 148 valence electrons. The highest BCUT2D eigenvalue weighted by Crippen LogP contribution is 2.41. The van der Waals surface area contributed by atoms with Gasteiger partial charge in [-0.3, -0.25) is 19.2 Å². The molecule has 0 bridgehead atoms. The predicted octanol–water partition coefficient (Wildman–Crippen LogP) is 1.50. The molecule has 2 fully saturated rings. The average Bonchev–Trinajstić information content (AvgIpc) is 3.49. The van der Waals surface area contributed by atoms with Gasteiger partial charge < -0.3 is 18.9 Å². The second-order valence-electron chi connectivity index (χ2n) is 5.91. The van der Waals surface area contributed by atoms with Crippen LogP contribution in [0.1, 0.15) is 40.5 Å². The molecule has 0 amide bonds. The Hall–Kier alpha value is -2.12. The van der Waals surface area contributed by atoms with Crippen LogP contribution in [0.15, 0.2) is 0 Å². The van der Waals surface area contributed by atoms with Crippen molar-refractivity contribution in [3.8, 4) is 0 Å². The fraction of sp³-hybridized carbons (Fsp3) is 0.778. The van der Waals surface area contributed by atoms with Crippen molar-refractivity contribution in [1.29, 1.82) is 0 Å². The topological polar surface area (TPSA) is 105 Å². The van der Waals surface area contributed by atoms with E-state index in [1.165, 1.54) is 0 Å². The van der Waals surface area contributed by atoms with Crippen molar-refractivity contribution >= 4 is 23.9 Å². The number of carbonyl (C=O) groups is 4. The Bertz CT molecular complexity index is 425. The van der Waals surface area contributed by atoms with Gasteiger partial charge in [-0.15, -0.1) is 0 Å². The first kappa shape index (κ1) is 21.9. The van der Waals surface area contributed by atoms with Gasteiger partial charge in [0.1, 0.15) is 0 Å². The minimum Gasteiger partial charge on any atom is -0.466 e. The molecular formula is C18H28O8. The Morgan fingerprint density at radius 3 is 0.885 bits per heavy atom. The third-order valence-electron chi connectivity index (χ3n) is 3.94. The van der Waals surface area contributed by atoms with E-state index in [1.54, 1.807) is 27.7 Å². The largest absolute Gasteiger partial charge is 0.466 e. The summed E-state index contributed by atoms with van der Waals surface area (Å²) in [7, 11) is 0. The molecule has 2 aliphatic carbocycles. The first-order valence-electron chi connectivity index (χ1n) is 9.07. The molecule has 8 nitrogen and oxygen atoms in total. The molecule has 0 aliphatic heterocycles. The molecule has 2 saturated carbocycles. The summed E-state index contributed by atoms with van der Waals surface area (Å²) in [5, 5.41) is 0. The molecule has 0 aromatic heterocycles. The highest BCUT2D eigenvalue weighted by Gasteiger charge is 2.50. The van der Waals surface area contributed by atoms with E-state index in [-0.39, 0.29) is 47.5 Å². The summed E-state index contributed by atoms with van der Waals surface area (Å²) in [5.74, 6) is -2.11. The van der Waals surface area contributed by atoms with Gasteiger partial charge in [0.05, 0.1) is 50.1 Å². The zero-order valence-corrected chi connectivity index (χ0v) is 15.8. The van der Waals surface area contributed by atoms with Gasteiger partial charge in [0.25, 0.3) is 0 Å². The van der Waals surface area contributed by atoms with Crippen molar-refractivity contribution in [2.45, 2.75) is 40.5 Å². The molecule has 0 aromatic carbocycles. The van der Waals surface area contributed by atoms with Gasteiger partial charge in [-0.05, 0) is 40.5 Å². The lowest BCUT2D eigenvalue weighted by atomic mass is 10.3. The van der Waals surface area contributed by atoms with Gasteiger partial charge in [-0.1, -0.05) is 0 Å². The van der Waals surface area contributed by atoms with E-state index in [0.717, 1.165) is 0 Å². The lowest BCUT2D eigenvalue weighted by Gasteiger charge is -2.00. The summed E-state index contributed by atoms with van der Waals surface area (Å²) in [6.45, 7) is 8.46. The summed E-state index contributed by atoms with van der Waals surface area (Å²) >= 11 is 0. The summed E-state index contributed by atoms with van der Waals surface area (Å²) in [6, 6.07) is 0. The van der Waals surface area contributed by atoms with E-state index in [4.69, 9.17) is 18.9 Å². The summed E-state index contributed by atoms with van der Waals surface area (Å²) in [5.41, 5.74) is 0. The molecule has 0 aromatic rings. The van der Waals surface area contributed by atoms with Crippen LogP contribution in [-0.4, -0.2) is 50.3 Å². The third kappa shape index (κ3) is 6.65. The molecule has 2 rings (SSSR count). The van der Waals surface area contributed by atoms with Crippen LogP contribution in [0, 0.1) is 23.7 Å². The van der Waals surface area contributed by atoms with Crippen LogP contribution < -0.4 is 0 Å². The quantitative estimate of drug-likeness (QED) is 0.466. The molecule has 0 N–H and O–H groups in total. The van der Waals surface area contributed by atoms with E-state index < -0.39 is 0 Å². The van der Waals surface area contributed by atoms with Crippen LogP contribution in [0.3, 0.4) is 0 Å². The molecule has 0 saturated heterocycles. The normalized spacial score (nSPS) is 25.1. The second kappa shape index (κ2) is 10.8. The van der Waals surface area contributed by atoms with Crippen molar-refractivity contribution in [2.24, 2.45) is 23.7 Å². The molecular weight excluding hydrogens is 344 g/mol. The molecule has 0 unspecified atom stereocenters. The standard InChI is InChI=1S/2C9H14O4/c2*1-3-12-8(10)6-5-7(6)9(11)13-4-2/h2*6-7H,3-5H2,1-2H3/t2*6-,7-/m10/s1. The Morgan fingerprint density at radius 1 is 0.538 bits per heavy atom. The Kier molecular flexibility index (Phi) is 9.09. The minimum atomic E-state index is -0.277. The van der Waals surface area contributed by atoms with Gasteiger partial charge >= 0.3 is 23.9 Å². The van der Waals surface area contributed by atoms with E-state index in [0.29, 0.717) is 39.3 Å². The van der Waals surface area contributed by atoms with Crippen LogP contribution in [-0.2, 0) is 38.1 Å². The van der Waals surface area contributed by atoms with E-state index in [9.17, 15) is 19.2 Å². The number of esters is 4. The first-order valence-corrected chi connectivity index (χ1v) is 9.07. The van der Waals surface area contributed by atoms with Gasteiger partial charge in [0.2, 0.25) is 0 Å². The van der Waals surface area contributed by atoms with Crippen molar-refractivity contribution in [1.82, 2.24) is 0 Å². The molecule has 0 heterocycles. The monoisotopic (exact) mass is 372 g/mol. The lowest BCUT2D eigenvalue weighted by molar-refractivity contribution is -0.150. The Balaban J connectivity index is 0.000000260. The van der Waals surface area contributed by atoms with Crippen LogP contribution in [0.2, 0.25) is 0 Å². The molecule has 0 spiro atoms. The van der Waals surface area contributed by atoms with Crippen LogP contribution in [0.5, 0.6) is 0 Å². The van der Waals surface area contributed by atoms with Crippen molar-refractivity contribution in [2.75, 3.05) is 26.4 Å². The fourth-order valence-corrected chi connectivity index (χ4v) is 2.43. The maximum absolute atomic E-state index is 11.1. The molecule has 0 radical (unpaired) electrons. The fourth-order valence-electron chi connectivity index (χ4n) is 2.43. The SMILES string of the molecule is CCOC(=O)[C@@H]1C[C@H]1C(=O)OCC.CCOC(=O)[C@H]1C[C@@H]1C(=O)OCC. The highest BCUT2D eigenvalue weighted by atomic mass is 16.5. The van der Waals surface area contributed by atoms with Gasteiger partial charge in [0, 0.05) is 0 Å². The van der Waals surface area contributed by atoms with Crippen molar-refractivity contribution in [3.63, 3.8) is 0 Å². The molecule has 8 heteroatoms. The Morgan fingerprint density at radius 2 is 0.731 bits per heavy atom. The van der Waals surface area contributed by atoms with Gasteiger partial charge in [-0.25, -0.2) is 0 Å². The third-order valence-corrected chi connectivity index (χ3v) is 3.94. The van der Waals surface area contributed by atoms with E-state index >= 15 is 0 Å². The number of rotatable bonds is 8. The summed E-state index contributed by atoms with van der Waals surface area (Å²) in [6.07, 6.45) is 1.16. The van der Waals surface area contributed by atoms with E-state index in [1.807, 2.05) is 0 Å². The zero-order valence-electron chi connectivity index (χ0n) is 15.8. The number of ether oxygens (including phenoxy) is 4. The van der Waals surface area contributed by atoms with Gasteiger partial charge in [-0.2, -0.15) is 0 Å². The number of hydrogen-bond donors (Lipinski definition) is 0. The maximum atomic E-state index is 11.1. The van der Waals surface area contributed by atoms with Crippen molar-refractivity contribution in [3.05, 3.63) is 0 Å².